The molecule has 6 aromatic carbocycles. The lowest BCUT2D eigenvalue weighted by Crippen LogP contribution is -2.60. The largest absolute Gasteiger partial charge is 0.317 e. The molecule has 67 heavy (non-hydrogen) atoms. The summed E-state index contributed by atoms with van der Waals surface area (Å²) in [6, 6.07) is 52.8. The molecule has 8 aromatic rings. The Kier molecular flexibility index (Phi) is 11.1. The van der Waals surface area contributed by atoms with Crippen LogP contribution in [0, 0.1) is 20.8 Å². The molecule has 0 unspecified atom stereocenters. The van der Waals surface area contributed by atoms with Gasteiger partial charge in [0, 0.05) is 45.4 Å². The molecule has 0 aliphatic carbocycles. The second-order valence-electron chi connectivity index (χ2n) is 23.3. The van der Waals surface area contributed by atoms with Crippen LogP contribution in [0.5, 0.6) is 0 Å². The fourth-order valence-corrected chi connectivity index (χ4v) is 10.6. The summed E-state index contributed by atoms with van der Waals surface area (Å²) >= 11 is 0. The third-order valence-corrected chi connectivity index (χ3v) is 14.8. The number of hydrogen-bond donors (Lipinski definition) is 0. The first-order chi connectivity index (χ1) is 31.5. The fraction of sp³-hybridized carbons (Fsp3) is 0.333. The third-order valence-electron chi connectivity index (χ3n) is 14.8. The van der Waals surface area contributed by atoms with Crippen molar-refractivity contribution in [1.82, 2.24) is 9.55 Å². The van der Waals surface area contributed by atoms with Crippen molar-refractivity contribution >= 4 is 33.3 Å². The maximum absolute atomic E-state index is 5.98. The van der Waals surface area contributed by atoms with Crippen LogP contribution in [0.15, 0.2) is 151 Å². The molecule has 1 atom stereocenters. The molecule has 0 radical (unpaired) electrons. The van der Waals surface area contributed by atoms with Gasteiger partial charge in [-0.05, 0) is 163 Å². The van der Waals surface area contributed by atoms with Crippen LogP contribution in [0.1, 0.15) is 139 Å². The highest BCUT2D eigenvalue weighted by Gasteiger charge is 2.58. The van der Waals surface area contributed by atoms with Gasteiger partial charge in [-0.2, -0.15) is 0 Å². The average Bonchev–Trinajstić information content (AvgIpc) is 3.68. The molecule has 4 heteroatoms. The van der Waals surface area contributed by atoms with E-state index < -0.39 is 11.1 Å². The van der Waals surface area contributed by atoms with E-state index in [-0.39, 0.29) is 22.2 Å². The maximum Gasteiger partial charge on any atom is 0.136 e. The first-order valence-corrected chi connectivity index (χ1v) is 24.3. The number of fused-ring (bicyclic) bond motifs is 3. The van der Waals surface area contributed by atoms with Crippen LogP contribution in [0.25, 0.3) is 38.8 Å². The number of benzene rings is 6. The van der Waals surface area contributed by atoms with E-state index in [1.807, 2.05) is 6.20 Å². The van der Waals surface area contributed by atoms with Gasteiger partial charge in [-0.1, -0.05) is 141 Å². The van der Waals surface area contributed by atoms with Gasteiger partial charge < -0.3 is 9.47 Å². The van der Waals surface area contributed by atoms with Crippen molar-refractivity contribution in [2.75, 3.05) is 4.90 Å². The second-order valence-corrected chi connectivity index (χ2v) is 23.3. The molecule has 2 aromatic heterocycles. The number of aliphatic imine (C=N–C) groups is 1. The number of aromatic nitrogens is 2. The van der Waals surface area contributed by atoms with Crippen molar-refractivity contribution in [3.63, 3.8) is 0 Å². The maximum atomic E-state index is 5.98. The topological polar surface area (TPSA) is 33.4 Å². The van der Waals surface area contributed by atoms with Crippen molar-refractivity contribution in [3.05, 3.63) is 196 Å². The van der Waals surface area contributed by atoms with Crippen molar-refractivity contribution < 1.29 is 0 Å². The van der Waals surface area contributed by atoms with Crippen LogP contribution in [-0.4, -0.2) is 26.5 Å². The van der Waals surface area contributed by atoms with Crippen LogP contribution < -0.4 is 4.90 Å². The number of pyridine rings is 1. The summed E-state index contributed by atoms with van der Waals surface area (Å²) in [5.41, 5.74) is 16.7. The van der Waals surface area contributed by atoms with Crippen LogP contribution >= 0.6 is 0 Å². The Hall–Kier alpha value is -6.26. The first-order valence-electron chi connectivity index (χ1n) is 24.3. The van der Waals surface area contributed by atoms with Crippen molar-refractivity contribution in [2.45, 2.75) is 137 Å². The summed E-state index contributed by atoms with van der Waals surface area (Å²) in [6.45, 7) is 34.6. The molecular weight excluding hydrogens is 813 g/mol. The van der Waals surface area contributed by atoms with Gasteiger partial charge >= 0.3 is 0 Å². The Morgan fingerprint density at radius 3 is 1.67 bits per heavy atom. The van der Waals surface area contributed by atoms with E-state index >= 15 is 0 Å². The van der Waals surface area contributed by atoms with Crippen molar-refractivity contribution in [3.8, 4) is 16.9 Å². The van der Waals surface area contributed by atoms with E-state index in [0.717, 1.165) is 33.9 Å². The number of hydrogen-bond acceptors (Lipinski definition) is 3. The smallest absolute Gasteiger partial charge is 0.136 e. The summed E-state index contributed by atoms with van der Waals surface area (Å²) in [4.78, 5) is 13.6. The zero-order valence-electron chi connectivity index (χ0n) is 42.7. The summed E-state index contributed by atoms with van der Waals surface area (Å²) in [5, 5.41) is 2.49. The van der Waals surface area contributed by atoms with Crippen LogP contribution in [-0.2, 0) is 16.2 Å². The van der Waals surface area contributed by atoms with E-state index in [2.05, 4.69) is 253 Å². The number of rotatable bonds is 7. The third kappa shape index (κ3) is 8.11. The molecule has 1 aliphatic heterocycles. The predicted octanol–water partition coefficient (Wildman–Crippen LogP) is 16.3. The normalized spacial score (nSPS) is 16.7. The number of nitrogens with zero attached hydrogens (tertiary/aromatic N) is 4. The molecule has 0 fully saturated rings. The Labute approximate surface area is 400 Å². The number of anilines is 1. The van der Waals surface area contributed by atoms with Crippen LogP contribution in [0.3, 0.4) is 0 Å². The lowest BCUT2D eigenvalue weighted by atomic mass is 9.66. The standard InChI is InChI=1S/C63H70N4/c1-40-26-27-55-52(32-40)53-33-42(3)51(54-38-46(28-29-64-54)59(4,5)6)39-56(53)66(55)49-31-41(2)30-45(34-49)58-65-62(13,14)63(15,57(43-22-18-16-19-23-43)44-24-20-17-21-25-44)67(58)50-36-47(60(7,8)9)35-48(37-50)61(10,11)12/h16-39,57H,1-15H3/t63-/m0/s1. The Bertz CT molecular complexity index is 3130. The van der Waals surface area contributed by atoms with E-state index in [1.54, 1.807) is 0 Å². The summed E-state index contributed by atoms with van der Waals surface area (Å²) < 4.78 is 2.48. The van der Waals surface area contributed by atoms with Gasteiger partial charge in [0.25, 0.3) is 0 Å². The fourth-order valence-electron chi connectivity index (χ4n) is 10.6. The van der Waals surface area contributed by atoms with E-state index in [0.29, 0.717) is 0 Å². The molecule has 3 heterocycles. The van der Waals surface area contributed by atoms with E-state index in [4.69, 9.17) is 9.98 Å². The highest BCUT2D eigenvalue weighted by Crippen LogP contribution is 2.53. The van der Waals surface area contributed by atoms with Crippen LogP contribution in [0.2, 0.25) is 0 Å². The Balaban J connectivity index is 1.33. The Morgan fingerprint density at radius 2 is 1.09 bits per heavy atom. The zero-order valence-corrected chi connectivity index (χ0v) is 42.7. The van der Waals surface area contributed by atoms with Crippen LogP contribution in [0.4, 0.5) is 5.69 Å². The molecule has 4 nitrogen and oxygen atoms in total. The van der Waals surface area contributed by atoms with E-state index in [9.17, 15) is 0 Å². The van der Waals surface area contributed by atoms with Gasteiger partial charge in [0.2, 0.25) is 0 Å². The molecular formula is C63H70N4. The minimum atomic E-state index is -0.563. The molecule has 0 bridgehead atoms. The Morgan fingerprint density at radius 1 is 0.507 bits per heavy atom. The highest BCUT2D eigenvalue weighted by atomic mass is 15.3. The summed E-state index contributed by atoms with van der Waals surface area (Å²) in [6.07, 6.45) is 1.97. The quantitative estimate of drug-likeness (QED) is 0.160. The molecule has 0 N–H and O–H groups in total. The molecule has 342 valence electrons. The van der Waals surface area contributed by atoms with Gasteiger partial charge in [-0.15, -0.1) is 0 Å². The summed E-state index contributed by atoms with van der Waals surface area (Å²) in [7, 11) is 0. The molecule has 0 spiro atoms. The van der Waals surface area contributed by atoms with Gasteiger partial charge in [-0.25, -0.2) is 0 Å². The zero-order chi connectivity index (χ0) is 48.0. The van der Waals surface area contributed by atoms with Gasteiger partial charge in [0.05, 0.1) is 27.8 Å². The molecule has 0 saturated heterocycles. The van der Waals surface area contributed by atoms with E-state index in [1.165, 1.54) is 66.5 Å². The lowest BCUT2D eigenvalue weighted by Gasteiger charge is -2.50. The van der Waals surface area contributed by atoms with Gasteiger partial charge in [-0.3, -0.25) is 9.98 Å². The van der Waals surface area contributed by atoms with Gasteiger partial charge in [0.15, 0.2) is 0 Å². The molecule has 9 rings (SSSR count). The average molecular weight is 883 g/mol. The summed E-state index contributed by atoms with van der Waals surface area (Å²) in [5.74, 6) is 0.955. The van der Waals surface area contributed by atoms with Gasteiger partial charge in [0.1, 0.15) is 5.84 Å². The minimum absolute atomic E-state index is 0.00611. The number of aryl methyl sites for hydroxylation is 3. The second kappa shape index (κ2) is 16.2. The minimum Gasteiger partial charge on any atom is -0.317 e. The SMILES string of the molecule is Cc1cc(C2=NC(C)(C)[C@](C)(C(c3ccccc3)c3ccccc3)N2c2cc(C(C)(C)C)cc(C(C)(C)C)c2)cc(-n2c3ccc(C)cc3c3cc(C)c(-c4cc(C(C)(C)C)ccn4)cc32)c1. The predicted molar refractivity (Wildman–Crippen MR) is 287 cm³/mol. The molecule has 0 saturated carbocycles. The number of amidine groups is 1. The monoisotopic (exact) mass is 883 g/mol. The highest BCUT2D eigenvalue weighted by molar-refractivity contribution is 6.15. The first kappa shape index (κ1) is 45.9. The van der Waals surface area contributed by atoms with Crippen molar-refractivity contribution in [1.29, 1.82) is 0 Å². The lowest BCUT2D eigenvalue weighted by molar-refractivity contribution is 0.279. The molecule has 0 amide bonds. The van der Waals surface area contributed by atoms with Crippen molar-refractivity contribution in [2.24, 2.45) is 4.99 Å². The molecule has 1 aliphatic rings.